The van der Waals surface area contributed by atoms with Gasteiger partial charge in [-0.15, -0.1) is 0 Å². The highest BCUT2D eigenvalue weighted by atomic mass is 35.5. The largest absolute Gasteiger partial charge is 0.0839 e. The van der Waals surface area contributed by atoms with Crippen LogP contribution in [0.1, 0.15) is 57.4 Å². The molecule has 0 spiro atoms. The topological polar surface area (TPSA) is 0 Å². The summed E-state index contributed by atoms with van der Waals surface area (Å²) in [5.74, 6) is 0. The van der Waals surface area contributed by atoms with Crippen molar-refractivity contribution in [3.8, 4) is 0 Å². The number of unbranched alkanes of at least 4 members (excludes halogenated alkanes) is 6. The lowest BCUT2D eigenvalue weighted by molar-refractivity contribution is 0.611. The minimum Gasteiger partial charge on any atom is -0.0839 e. The molecule has 0 saturated carbocycles. The number of benzene rings is 1. The Balaban J connectivity index is 2.12. The Morgan fingerprint density at radius 3 is 2.47 bits per heavy atom. The van der Waals surface area contributed by atoms with Crippen LogP contribution in [0, 0.1) is 0 Å². The Bertz CT molecular complexity index is 328. The second kappa shape index (κ2) is 9.30. The van der Waals surface area contributed by atoms with E-state index in [-0.39, 0.29) is 0 Å². The van der Waals surface area contributed by atoms with Crippen molar-refractivity contribution in [2.45, 2.75) is 51.9 Å². The summed E-state index contributed by atoms with van der Waals surface area (Å²) in [6.07, 6.45) is 13.7. The highest BCUT2D eigenvalue weighted by molar-refractivity contribution is 6.32. The lowest BCUT2D eigenvalue weighted by Crippen LogP contribution is -1.78. The van der Waals surface area contributed by atoms with Crippen LogP contribution >= 0.6 is 11.6 Å². The molecule has 17 heavy (non-hydrogen) atoms. The Hall–Kier alpha value is -0.750. The summed E-state index contributed by atoms with van der Waals surface area (Å²) in [5.41, 5.74) is 1.13. The first-order valence-electron chi connectivity index (χ1n) is 6.75. The fraction of sp³-hybridized carbons (Fsp3) is 0.500. The van der Waals surface area contributed by atoms with E-state index in [1.807, 2.05) is 18.2 Å². The molecule has 1 aromatic carbocycles. The maximum atomic E-state index is 6.07. The summed E-state index contributed by atoms with van der Waals surface area (Å²) in [7, 11) is 0. The maximum Gasteiger partial charge on any atom is 0.0478 e. The molecule has 0 heterocycles. The van der Waals surface area contributed by atoms with Crippen LogP contribution in [0.4, 0.5) is 0 Å². The minimum atomic E-state index is 0.840. The van der Waals surface area contributed by atoms with Gasteiger partial charge in [0.05, 0.1) is 0 Å². The molecule has 0 unspecified atom stereocenters. The molecule has 0 atom stereocenters. The molecular formula is C16H23Cl. The SMILES string of the molecule is CCCCCCCC/C=C/c1ccccc1Cl. The van der Waals surface area contributed by atoms with Crippen molar-refractivity contribution in [3.05, 3.63) is 40.9 Å². The van der Waals surface area contributed by atoms with Crippen LogP contribution in [0.5, 0.6) is 0 Å². The van der Waals surface area contributed by atoms with Gasteiger partial charge in [-0.25, -0.2) is 0 Å². The number of hydrogen-bond acceptors (Lipinski definition) is 0. The highest BCUT2D eigenvalue weighted by Crippen LogP contribution is 2.17. The molecule has 0 aromatic heterocycles. The van der Waals surface area contributed by atoms with Gasteiger partial charge in [-0.3, -0.25) is 0 Å². The van der Waals surface area contributed by atoms with Crippen molar-refractivity contribution in [1.82, 2.24) is 0 Å². The third-order valence-corrected chi connectivity index (χ3v) is 3.27. The van der Waals surface area contributed by atoms with Crippen molar-refractivity contribution in [3.63, 3.8) is 0 Å². The number of allylic oxidation sites excluding steroid dienone is 1. The number of rotatable bonds is 8. The summed E-state index contributed by atoms with van der Waals surface area (Å²) in [5, 5.41) is 0.840. The van der Waals surface area contributed by atoms with Gasteiger partial charge in [0.2, 0.25) is 0 Å². The molecule has 0 fully saturated rings. The van der Waals surface area contributed by atoms with Gasteiger partial charge in [0.1, 0.15) is 0 Å². The van der Waals surface area contributed by atoms with Gasteiger partial charge in [-0.1, -0.05) is 81.0 Å². The lowest BCUT2D eigenvalue weighted by Gasteiger charge is -1.98. The molecule has 0 aliphatic rings. The Morgan fingerprint density at radius 1 is 1.00 bits per heavy atom. The van der Waals surface area contributed by atoms with Gasteiger partial charge >= 0.3 is 0 Å². The first kappa shape index (κ1) is 14.3. The van der Waals surface area contributed by atoms with Crippen molar-refractivity contribution >= 4 is 17.7 Å². The number of halogens is 1. The van der Waals surface area contributed by atoms with E-state index < -0.39 is 0 Å². The van der Waals surface area contributed by atoms with Crippen molar-refractivity contribution in [1.29, 1.82) is 0 Å². The van der Waals surface area contributed by atoms with Gasteiger partial charge in [0.15, 0.2) is 0 Å². The number of hydrogen-bond donors (Lipinski definition) is 0. The van der Waals surface area contributed by atoms with Gasteiger partial charge in [0.25, 0.3) is 0 Å². The van der Waals surface area contributed by atoms with Gasteiger partial charge in [-0.2, -0.15) is 0 Å². The highest BCUT2D eigenvalue weighted by Gasteiger charge is 1.92. The molecule has 1 aromatic rings. The van der Waals surface area contributed by atoms with E-state index in [0.29, 0.717) is 0 Å². The summed E-state index contributed by atoms with van der Waals surface area (Å²) in [4.78, 5) is 0. The van der Waals surface area contributed by atoms with Crippen molar-refractivity contribution in [2.75, 3.05) is 0 Å². The standard InChI is InChI=1S/C16H23Cl/c1-2-3-4-5-6-7-8-9-12-15-13-10-11-14-16(15)17/h9-14H,2-8H2,1H3/b12-9+. The summed E-state index contributed by atoms with van der Waals surface area (Å²) >= 11 is 6.07. The maximum absolute atomic E-state index is 6.07. The normalized spacial score (nSPS) is 11.2. The van der Waals surface area contributed by atoms with E-state index in [1.165, 1.54) is 38.5 Å². The van der Waals surface area contributed by atoms with Crippen LogP contribution in [-0.4, -0.2) is 0 Å². The predicted octanol–water partition coefficient (Wildman–Crippen LogP) is 6.10. The van der Waals surface area contributed by atoms with Crippen molar-refractivity contribution < 1.29 is 0 Å². The van der Waals surface area contributed by atoms with E-state index >= 15 is 0 Å². The molecule has 0 nitrogen and oxygen atoms in total. The zero-order valence-corrected chi connectivity index (χ0v) is 11.5. The molecule has 0 saturated heterocycles. The van der Waals surface area contributed by atoms with E-state index in [2.05, 4.69) is 25.1 Å². The fourth-order valence-corrected chi connectivity index (χ4v) is 2.06. The molecule has 0 bridgehead atoms. The Morgan fingerprint density at radius 2 is 1.71 bits per heavy atom. The van der Waals surface area contributed by atoms with E-state index in [0.717, 1.165) is 17.0 Å². The van der Waals surface area contributed by atoms with Crippen LogP contribution < -0.4 is 0 Å². The van der Waals surface area contributed by atoms with Crippen LogP contribution in [0.3, 0.4) is 0 Å². The summed E-state index contributed by atoms with van der Waals surface area (Å²) in [6, 6.07) is 7.98. The average Bonchev–Trinajstić information content (AvgIpc) is 2.35. The first-order chi connectivity index (χ1) is 8.34. The Labute approximate surface area is 111 Å². The molecule has 1 rings (SSSR count). The molecule has 1 heteroatoms. The van der Waals surface area contributed by atoms with Crippen molar-refractivity contribution in [2.24, 2.45) is 0 Å². The van der Waals surface area contributed by atoms with Gasteiger partial charge < -0.3 is 0 Å². The van der Waals surface area contributed by atoms with Crippen LogP contribution in [0.2, 0.25) is 5.02 Å². The molecule has 0 aliphatic heterocycles. The van der Waals surface area contributed by atoms with Crippen LogP contribution in [0.15, 0.2) is 30.3 Å². The minimum absolute atomic E-state index is 0.840. The quantitative estimate of drug-likeness (QED) is 0.489. The van der Waals surface area contributed by atoms with E-state index in [1.54, 1.807) is 0 Å². The lowest BCUT2D eigenvalue weighted by atomic mass is 10.1. The predicted molar refractivity (Wildman–Crippen MR) is 78.5 cm³/mol. The smallest absolute Gasteiger partial charge is 0.0478 e. The summed E-state index contributed by atoms with van der Waals surface area (Å²) < 4.78 is 0. The zero-order valence-electron chi connectivity index (χ0n) is 10.8. The zero-order chi connectivity index (χ0) is 12.3. The van der Waals surface area contributed by atoms with Crippen LogP contribution in [-0.2, 0) is 0 Å². The third kappa shape index (κ3) is 6.53. The monoisotopic (exact) mass is 250 g/mol. The Kier molecular flexibility index (Phi) is 7.83. The molecule has 0 aliphatic carbocycles. The summed E-state index contributed by atoms with van der Waals surface area (Å²) in [6.45, 7) is 2.26. The average molecular weight is 251 g/mol. The molecule has 0 amide bonds. The fourth-order valence-electron chi connectivity index (χ4n) is 1.86. The first-order valence-corrected chi connectivity index (χ1v) is 7.13. The van der Waals surface area contributed by atoms with E-state index in [4.69, 9.17) is 11.6 Å². The molecule has 0 radical (unpaired) electrons. The molecular weight excluding hydrogens is 228 g/mol. The molecule has 94 valence electrons. The van der Waals surface area contributed by atoms with E-state index in [9.17, 15) is 0 Å². The van der Waals surface area contributed by atoms with Crippen LogP contribution in [0.25, 0.3) is 6.08 Å². The second-order valence-corrected chi connectivity index (χ2v) is 4.89. The second-order valence-electron chi connectivity index (χ2n) is 4.48. The van der Waals surface area contributed by atoms with Gasteiger partial charge in [-0.05, 0) is 24.5 Å². The van der Waals surface area contributed by atoms with Gasteiger partial charge in [0, 0.05) is 5.02 Å². The third-order valence-electron chi connectivity index (χ3n) is 2.93. The molecule has 0 N–H and O–H groups in total.